The average molecular weight is 583 g/mol. The van der Waals surface area contributed by atoms with Gasteiger partial charge in [0.2, 0.25) is 11.8 Å². The summed E-state index contributed by atoms with van der Waals surface area (Å²) in [7, 11) is 0. The second-order valence-corrected chi connectivity index (χ2v) is 10.6. The summed E-state index contributed by atoms with van der Waals surface area (Å²) in [4.78, 5) is 46.3. The van der Waals surface area contributed by atoms with Crippen molar-refractivity contribution in [3.63, 3.8) is 0 Å². The van der Waals surface area contributed by atoms with Gasteiger partial charge in [0.15, 0.2) is 0 Å². The Kier molecular flexibility index (Phi) is 18.5. The number of rotatable bonds is 23. The van der Waals surface area contributed by atoms with Crippen molar-refractivity contribution in [1.29, 1.82) is 0 Å². The highest BCUT2D eigenvalue weighted by Crippen LogP contribution is 2.12. The second-order valence-electron chi connectivity index (χ2n) is 10.6. The average Bonchev–Trinajstić information content (AvgIpc) is 2.99. The van der Waals surface area contributed by atoms with Gasteiger partial charge in [-0.3, -0.25) is 29.5 Å². The predicted molar refractivity (Wildman–Crippen MR) is 165 cm³/mol. The molecule has 0 aliphatic heterocycles. The Morgan fingerprint density at radius 2 is 1.50 bits per heavy atom. The molecule has 2 aromatic rings. The molecule has 0 aliphatic rings. The van der Waals surface area contributed by atoms with E-state index in [0.717, 1.165) is 49.7 Å². The number of hydroxylamine groups is 1. The molecule has 0 radical (unpaired) electrons. The fraction of sp³-hybridized carbons (Fsp3) is 0.576. The third-order valence-corrected chi connectivity index (χ3v) is 6.83. The van der Waals surface area contributed by atoms with E-state index in [1.807, 2.05) is 36.4 Å². The Morgan fingerprint density at radius 1 is 0.810 bits per heavy atom. The van der Waals surface area contributed by atoms with Crippen molar-refractivity contribution in [2.24, 2.45) is 0 Å². The van der Waals surface area contributed by atoms with Crippen LogP contribution in [0.2, 0.25) is 0 Å². The quantitative estimate of drug-likeness (QED) is 0.0831. The maximum absolute atomic E-state index is 12.5. The van der Waals surface area contributed by atoms with Crippen molar-refractivity contribution in [3.8, 4) is 0 Å². The van der Waals surface area contributed by atoms with E-state index in [1.54, 1.807) is 19.3 Å². The lowest BCUT2D eigenvalue weighted by Gasteiger charge is -2.17. The van der Waals surface area contributed by atoms with Gasteiger partial charge in [-0.25, -0.2) is 5.48 Å². The van der Waals surface area contributed by atoms with E-state index in [0.29, 0.717) is 44.7 Å². The molecule has 0 saturated heterocycles. The Labute approximate surface area is 251 Å². The van der Waals surface area contributed by atoms with Crippen molar-refractivity contribution >= 4 is 23.5 Å². The Bertz CT molecular complexity index is 1030. The third kappa shape index (κ3) is 16.2. The molecule has 0 spiro atoms. The number of unbranched alkanes of at least 4 members (excludes halogenated alkanes) is 8. The molecular weight excluding hydrogens is 532 g/mol. The van der Waals surface area contributed by atoms with Gasteiger partial charge in [-0.1, -0.05) is 82.2 Å². The number of hydrogen-bond acceptors (Lipinski definition) is 7. The number of nitrogens with one attached hydrogen (secondary N) is 3. The van der Waals surface area contributed by atoms with Crippen LogP contribution < -0.4 is 16.1 Å². The van der Waals surface area contributed by atoms with Crippen LogP contribution >= 0.6 is 0 Å². The summed E-state index contributed by atoms with van der Waals surface area (Å²) in [5, 5.41) is 6.18. The van der Waals surface area contributed by atoms with Crippen LogP contribution in [0.25, 0.3) is 0 Å². The first-order valence-corrected chi connectivity index (χ1v) is 15.6. The molecule has 9 nitrogen and oxygen atoms in total. The largest absolute Gasteiger partial charge is 0.465 e. The van der Waals surface area contributed by atoms with Gasteiger partial charge in [-0.2, -0.15) is 0 Å². The highest BCUT2D eigenvalue weighted by atomic mass is 16.6. The van der Waals surface area contributed by atoms with Gasteiger partial charge in [0.05, 0.1) is 25.1 Å². The minimum absolute atomic E-state index is 0.0729. The summed E-state index contributed by atoms with van der Waals surface area (Å²) in [5.74, 6) is -0.457. The van der Waals surface area contributed by atoms with Gasteiger partial charge >= 0.3 is 5.97 Å². The normalized spacial score (nSPS) is 11.6. The number of nitrogens with zero attached hydrogens (tertiary/aromatic N) is 1. The number of anilines is 1. The van der Waals surface area contributed by atoms with Crippen molar-refractivity contribution in [1.82, 2.24) is 15.8 Å². The van der Waals surface area contributed by atoms with Gasteiger partial charge in [0.25, 0.3) is 0 Å². The molecule has 1 atom stereocenters. The summed E-state index contributed by atoms with van der Waals surface area (Å²) < 4.78 is 5.25. The van der Waals surface area contributed by atoms with Crippen LogP contribution in [-0.4, -0.2) is 42.0 Å². The number of carbonyl (C=O) groups excluding carboxylic acids is 3. The molecule has 9 heteroatoms. The van der Waals surface area contributed by atoms with Crippen molar-refractivity contribution in [3.05, 3.63) is 59.9 Å². The molecule has 2 rings (SSSR count). The molecule has 0 saturated carbocycles. The van der Waals surface area contributed by atoms with E-state index in [1.165, 1.54) is 25.7 Å². The Balaban J connectivity index is 1.61. The number of esters is 1. The van der Waals surface area contributed by atoms with Crippen LogP contribution in [0.15, 0.2) is 48.8 Å². The minimum atomic E-state index is -0.491. The van der Waals surface area contributed by atoms with Gasteiger partial charge in [-0.05, 0) is 49.8 Å². The molecule has 1 unspecified atom stereocenters. The molecule has 1 aromatic carbocycles. The molecule has 0 fully saturated rings. The maximum atomic E-state index is 12.5. The number of benzene rings is 1. The minimum Gasteiger partial charge on any atom is -0.465 e. The highest BCUT2D eigenvalue weighted by Gasteiger charge is 2.20. The van der Waals surface area contributed by atoms with E-state index in [-0.39, 0.29) is 17.8 Å². The fourth-order valence-electron chi connectivity index (χ4n) is 4.51. The van der Waals surface area contributed by atoms with Gasteiger partial charge in [-0.15, -0.1) is 0 Å². The van der Waals surface area contributed by atoms with Crippen molar-refractivity contribution < 1.29 is 24.0 Å². The van der Waals surface area contributed by atoms with E-state index < -0.39 is 6.04 Å². The molecule has 2 amide bonds. The van der Waals surface area contributed by atoms with Crippen LogP contribution in [0.5, 0.6) is 0 Å². The molecule has 1 aromatic heterocycles. The van der Waals surface area contributed by atoms with Gasteiger partial charge in [0.1, 0.15) is 6.04 Å². The summed E-state index contributed by atoms with van der Waals surface area (Å²) in [6.45, 7) is 5.28. The first kappa shape index (κ1) is 34.9. The third-order valence-electron chi connectivity index (χ3n) is 6.83. The van der Waals surface area contributed by atoms with E-state index in [4.69, 9.17) is 9.57 Å². The summed E-state index contributed by atoms with van der Waals surface area (Å²) in [6, 6.07) is 11.2. The zero-order valence-corrected chi connectivity index (χ0v) is 25.5. The number of carbonyl (C=O) groups is 3. The number of pyridine rings is 1. The van der Waals surface area contributed by atoms with E-state index >= 15 is 0 Å². The van der Waals surface area contributed by atoms with Crippen LogP contribution in [0.4, 0.5) is 5.69 Å². The fourth-order valence-corrected chi connectivity index (χ4v) is 4.51. The zero-order chi connectivity index (χ0) is 30.3. The lowest BCUT2D eigenvalue weighted by atomic mass is 10.1. The van der Waals surface area contributed by atoms with Crippen LogP contribution in [0.1, 0.15) is 102 Å². The Morgan fingerprint density at radius 3 is 2.24 bits per heavy atom. The monoisotopic (exact) mass is 582 g/mol. The highest BCUT2D eigenvalue weighted by molar-refractivity contribution is 5.90. The lowest BCUT2D eigenvalue weighted by Crippen LogP contribution is -2.39. The van der Waals surface area contributed by atoms with Crippen molar-refractivity contribution in [2.45, 2.75) is 110 Å². The number of ether oxygens (including phenoxy) is 1. The summed E-state index contributed by atoms with van der Waals surface area (Å²) in [6.07, 6.45) is 15.0. The van der Waals surface area contributed by atoms with Gasteiger partial charge in [0, 0.05) is 25.6 Å². The molecule has 0 bridgehead atoms. The molecule has 0 aliphatic carbocycles. The molecule has 42 heavy (non-hydrogen) atoms. The molecular formula is C33H50N4O5. The number of amides is 2. The predicted octanol–water partition coefficient (Wildman–Crippen LogP) is 6.03. The van der Waals surface area contributed by atoms with E-state index in [2.05, 4.69) is 28.0 Å². The van der Waals surface area contributed by atoms with Crippen molar-refractivity contribution in [2.75, 3.05) is 18.5 Å². The van der Waals surface area contributed by atoms with Crippen LogP contribution in [0.3, 0.4) is 0 Å². The van der Waals surface area contributed by atoms with Crippen LogP contribution in [0, 0.1) is 0 Å². The topological polar surface area (TPSA) is 119 Å². The summed E-state index contributed by atoms with van der Waals surface area (Å²) >= 11 is 0. The molecule has 1 heterocycles. The second kappa shape index (κ2) is 22.3. The van der Waals surface area contributed by atoms with Gasteiger partial charge < -0.3 is 10.1 Å². The zero-order valence-electron chi connectivity index (χ0n) is 25.5. The Hall–Kier alpha value is -3.30. The molecule has 3 N–H and O–H groups in total. The maximum Gasteiger partial charge on any atom is 0.323 e. The number of hydrogen-bond donors (Lipinski definition) is 3. The SMILES string of the molecule is CCCCCCCCONC(=O)CCCCCCC(=O)Nc1cncc(CNC(Cc2ccccc2)C(=O)OCC)c1. The lowest BCUT2D eigenvalue weighted by molar-refractivity contribution is -0.145. The number of aromatic nitrogens is 1. The first-order valence-electron chi connectivity index (χ1n) is 15.6. The van der Waals surface area contributed by atoms with Crippen LogP contribution in [-0.2, 0) is 36.9 Å². The first-order chi connectivity index (χ1) is 20.5. The molecule has 232 valence electrons. The summed E-state index contributed by atoms with van der Waals surface area (Å²) in [5.41, 5.74) is 5.04. The van der Waals surface area contributed by atoms with E-state index in [9.17, 15) is 14.4 Å². The standard InChI is InChI=1S/C33H50N4O5/c1-3-5-6-7-10-16-21-42-37-32(39)20-15-9-8-14-19-31(38)36-29-22-28(24-34-26-29)25-35-30(33(40)41-4-2)23-27-17-12-11-13-18-27/h11-13,17-18,22,24,26,30,35H,3-10,14-16,19-21,23,25H2,1-2H3,(H,36,38)(H,37,39). The smallest absolute Gasteiger partial charge is 0.323 e.